The summed E-state index contributed by atoms with van der Waals surface area (Å²) in [5, 5.41) is 20.9. The molecule has 0 amide bonds. The van der Waals surface area contributed by atoms with Crippen LogP contribution in [0.1, 0.15) is 45.7 Å². The van der Waals surface area contributed by atoms with Gasteiger partial charge in [0, 0.05) is 11.1 Å². The molecular formula is C18H18O4Pb. The summed E-state index contributed by atoms with van der Waals surface area (Å²) in [6.45, 7) is 3.84. The van der Waals surface area contributed by atoms with Gasteiger partial charge in [-0.05, 0) is 24.0 Å². The molecule has 0 bridgehead atoms. The van der Waals surface area contributed by atoms with E-state index in [1.807, 2.05) is 26.0 Å². The Labute approximate surface area is 156 Å². The number of hydrogen-bond acceptors (Lipinski definition) is 4. The maximum absolute atomic E-state index is 10.5. The number of carboxylic acids is 2. The van der Waals surface area contributed by atoms with E-state index in [2.05, 4.69) is 0 Å². The fourth-order valence-corrected chi connectivity index (χ4v) is 2.06. The van der Waals surface area contributed by atoms with Crippen molar-refractivity contribution in [3.8, 4) is 0 Å². The first-order valence-electron chi connectivity index (χ1n) is 7.09. The van der Waals surface area contributed by atoms with Gasteiger partial charge in [-0.3, -0.25) is 0 Å². The maximum atomic E-state index is 10.5. The molecule has 118 valence electrons. The van der Waals surface area contributed by atoms with E-state index in [0.29, 0.717) is 11.1 Å². The first-order valence-corrected chi connectivity index (χ1v) is 7.09. The number of aromatic carboxylic acids is 2. The second kappa shape index (κ2) is 10.9. The molecule has 0 atom stereocenters. The number of hydrogen-bond donors (Lipinski definition) is 0. The number of rotatable bonds is 4. The molecule has 2 aromatic rings. The zero-order chi connectivity index (χ0) is 16.5. The van der Waals surface area contributed by atoms with E-state index >= 15 is 0 Å². The topological polar surface area (TPSA) is 80.3 Å². The number of aryl methyl sites for hydroxylation is 2. The molecule has 0 spiro atoms. The van der Waals surface area contributed by atoms with Crippen LogP contribution in [0.2, 0.25) is 0 Å². The normalized spacial score (nSPS) is 9.13. The van der Waals surface area contributed by atoms with Crippen LogP contribution in [0, 0.1) is 0 Å². The van der Waals surface area contributed by atoms with Gasteiger partial charge in [-0.15, -0.1) is 0 Å². The van der Waals surface area contributed by atoms with Gasteiger partial charge in [-0.1, -0.05) is 62.4 Å². The van der Waals surface area contributed by atoms with E-state index < -0.39 is 11.9 Å². The quantitative estimate of drug-likeness (QED) is 0.577. The van der Waals surface area contributed by atoms with Gasteiger partial charge in [-0.25, -0.2) is 0 Å². The van der Waals surface area contributed by atoms with Crippen molar-refractivity contribution in [1.82, 2.24) is 0 Å². The van der Waals surface area contributed by atoms with Crippen LogP contribution in [0.15, 0.2) is 48.5 Å². The predicted molar refractivity (Wildman–Crippen MR) is 86.1 cm³/mol. The fraction of sp³-hybridized carbons (Fsp3) is 0.222. The molecule has 0 aliphatic carbocycles. The molecular weight excluding hydrogens is 487 g/mol. The first-order chi connectivity index (χ1) is 10.5. The number of carboxylic acid groups (broad SMARTS) is 2. The van der Waals surface area contributed by atoms with Crippen LogP contribution < -0.4 is 10.2 Å². The standard InChI is InChI=1S/2C9H10O2.Pb/c2*1-2-7-5-3-4-6-8(7)9(10)11;/h2*3-6H,2H2,1H3,(H,10,11);/q;;+2/p-2. The number of carbonyl (C=O) groups excluding carboxylic acids is 2. The molecule has 2 radical (unpaired) electrons. The molecule has 0 saturated carbocycles. The van der Waals surface area contributed by atoms with Crippen LogP contribution in [0.5, 0.6) is 0 Å². The number of benzene rings is 2. The van der Waals surface area contributed by atoms with Crippen molar-refractivity contribution in [1.29, 1.82) is 0 Å². The Morgan fingerprint density at radius 1 is 0.739 bits per heavy atom. The third-order valence-corrected chi connectivity index (χ3v) is 3.24. The van der Waals surface area contributed by atoms with Crippen molar-refractivity contribution in [2.45, 2.75) is 26.7 Å². The monoisotopic (exact) mass is 506 g/mol. The average Bonchev–Trinajstić information content (AvgIpc) is 2.55. The molecule has 0 aliphatic rings. The third kappa shape index (κ3) is 6.52. The zero-order valence-electron chi connectivity index (χ0n) is 13.2. The Kier molecular flexibility index (Phi) is 10.1. The van der Waals surface area contributed by atoms with E-state index in [9.17, 15) is 19.8 Å². The number of carbonyl (C=O) groups is 2. The average molecular weight is 506 g/mol. The zero-order valence-corrected chi connectivity index (χ0v) is 17.1. The summed E-state index contributed by atoms with van der Waals surface area (Å²) < 4.78 is 0. The van der Waals surface area contributed by atoms with Gasteiger partial charge in [0.2, 0.25) is 0 Å². The van der Waals surface area contributed by atoms with Crippen molar-refractivity contribution in [3.63, 3.8) is 0 Å². The molecule has 0 N–H and O–H groups in total. The van der Waals surface area contributed by atoms with Crippen LogP contribution >= 0.6 is 0 Å². The van der Waals surface area contributed by atoms with Crippen molar-refractivity contribution < 1.29 is 19.8 Å². The van der Waals surface area contributed by atoms with Crippen molar-refractivity contribution in [2.24, 2.45) is 0 Å². The minimum absolute atomic E-state index is 0. The first kappa shape index (κ1) is 21.3. The van der Waals surface area contributed by atoms with Gasteiger partial charge in [0.1, 0.15) is 0 Å². The summed E-state index contributed by atoms with van der Waals surface area (Å²) in [5.74, 6) is -2.19. The van der Waals surface area contributed by atoms with E-state index in [0.717, 1.165) is 24.0 Å². The summed E-state index contributed by atoms with van der Waals surface area (Å²) in [4.78, 5) is 20.9. The SMILES string of the molecule is CCc1ccccc1C(=O)[O-].CCc1ccccc1C(=O)[O-].[Pb+2]. The van der Waals surface area contributed by atoms with Crippen molar-refractivity contribution in [2.75, 3.05) is 0 Å². The molecule has 0 aromatic heterocycles. The van der Waals surface area contributed by atoms with Gasteiger partial charge in [0.25, 0.3) is 0 Å². The van der Waals surface area contributed by atoms with Crippen LogP contribution in [0.4, 0.5) is 0 Å². The molecule has 0 aliphatic heterocycles. The third-order valence-electron chi connectivity index (χ3n) is 3.24. The minimum atomic E-state index is -1.09. The molecule has 0 unspecified atom stereocenters. The van der Waals surface area contributed by atoms with Gasteiger partial charge >= 0.3 is 27.3 Å². The van der Waals surface area contributed by atoms with Crippen LogP contribution in [-0.2, 0) is 12.8 Å². The summed E-state index contributed by atoms with van der Waals surface area (Å²) in [7, 11) is 0. The Morgan fingerprint density at radius 2 is 1.04 bits per heavy atom. The molecule has 4 nitrogen and oxygen atoms in total. The molecule has 0 saturated heterocycles. The molecule has 23 heavy (non-hydrogen) atoms. The molecule has 2 rings (SSSR count). The predicted octanol–water partition coefficient (Wildman–Crippen LogP) is 0.844. The van der Waals surface area contributed by atoms with Gasteiger partial charge < -0.3 is 19.8 Å². The van der Waals surface area contributed by atoms with Crippen LogP contribution in [0.25, 0.3) is 0 Å². The summed E-state index contributed by atoms with van der Waals surface area (Å²) in [6.07, 6.45) is 1.45. The van der Waals surface area contributed by atoms with E-state index in [-0.39, 0.29) is 27.3 Å². The maximum Gasteiger partial charge on any atom is 2.00 e. The van der Waals surface area contributed by atoms with Crippen molar-refractivity contribution in [3.05, 3.63) is 70.8 Å². The Balaban J connectivity index is 0.000000403. The van der Waals surface area contributed by atoms with Gasteiger partial charge in [0.05, 0.1) is 11.9 Å². The molecule has 0 heterocycles. The van der Waals surface area contributed by atoms with Crippen LogP contribution in [-0.4, -0.2) is 39.2 Å². The van der Waals surface area contributed by atoms with E-state index in [1.165, 1.54) is 0 Å². The van der Waals surface area contributed by atoms with E-state index in [1.54, 1.807) is 36.4 Å². The molecule has 2 aromatic carbocycles. The summed E-state index contributed by atoms with van der Waals surface area (Å²) in [6, 6.07) is 13.8. The van der Waals surface area contributed by atoms with Gasteiger partial charge in [0.15, 0.2) is 0 Å². The summed E-state index contributed by atoms with van der Waals surface area (Å²) >= 11 is 0. The van der Waals surface area contributed by atoms with E-state index in [4.69, 9.17) is 0 Å². The second-order valence-electron chi connectivity index (χ2n) is 4.60. The largest absolute Gasteiger partial charge is 2.00 e. The Morgan fingerprint density at radius 3 is 1.26 bits per heavy atom. The molecule has 0 fully saturated rings. The smallest absolute Gasteiger partial charge is 0.545 e. The van der Waals surface area contributed by atoms with Crippen molar-refractivity contribution >= 4 is 39.2 Å². The van der Waals surface area contributed by atoms with Gasteiger partial charge in [-0.2, -0.15) is 0 Å². The summed E-state index contributed by atoms with van der Waals surface area (Å²) in [5.41, 5.74) is 2.25. The van der Waals surface area contributed by atoms with Crippen LogP contribution in [0.3, 0.4) is 0 Å². The Hall–Kier alpha value is -1.70. The molecule has 5 heteroatoms. The minimum Gasteiger partial charge on any atom is -0.545 e. The fourth-order valence-electron chi connectivity index (χ4n) is 2.06. The Bertz CT molecular complexity index is 595. The second-order valence-corrected chi connectivity index (χ2v) is 4.60.